The summed E-state index contributed by atoms with van der Waals surface area (Å²) < 4.78 is 10.0. The van der Waals surface area contributed by atoms with Crippen LogP contribution in [0.4, 0.5) is 0 Å². The molecule has 0 unspecified atom stereocenters. The molecule has 1 rings (SSSR count). The minimum absolute atomic E-state index is 0.184. The van der Waals surface area contributed by atoms with Crippen LogP contribution in [0.3, 0.4) is 0 Å². The highest BCUT2D eigenvalue weighted by Gasteiger charge is 2.04. The van der Waals surface area contributed by atoms with E-state index in [9.17, 15) is 0 Å². The first-order valence-corrected chi connectivity index (χ1v) is 4.00. The highest BCUT2D eigenvalue weighted by atomic mass is 16.5. The van der Waals surface area contributed by atoms with Crippen LogP contribution in [-0.2, 0) is 0 Å². The standard InChI is InChI=1S/C10H11NO3/c1-13-9-6-5-8(4-3-7-12)11-10(9)14-2/h5-6,12H,7H2,1-2H3. The van der Waals surface area contributed by atoms with E-state index in [1.165, 1.54) is 7.11 Å². The summed E-state index contributed by atoms with van der Waals surface area (Å²) >= 11 is 0. The van der Waals surface area contributed by atoms with Crippen molar-refractivity contribution >= 4 is 0 Å². The Morgan fingerprint density at radius 3 is 2.71 bits per heavy atom. The lowest BCUT2D eigenvalue weighted by atomic mass is 10.3. The van der Waals surface area contributed by atoms with Crippen LogP contribution >= 0.6 is 0 Å². The highest BCUT2D eigenvalue weighted by molar-refractivity contribution is 5.39. The van der Waals surface area contributed by atoms with Gasteiger partial charge < -0.3 is 14.6 Å². The fourth-order valence-electron chi connectivity index (χ4n) is 0.929. The second kappa shape index (κ2) is 5.10. The van der Waals surface area contributed by atoms with Gasteiger partial charge in [0, 0.05) is 0 Å². The molecule has 0 aliphatic rings. The quantitative estimate of drug-likeness (QED) is 0.692. The minimum Gasteiger partial charge on any atom is -0.491 e. The second-order valence-corrected chi connectivity index (χ2v) is 2.37. The van der Waals surface area contributed by atoms with E-state index in [0.717, 1.165) is 0 Å². The summed E-state index contributed by atoms with van der Waals surface area (Å²) in [6.07, 6.45) is 0. The summed E-state index contributed by atoms with van der Waals surface area (Å²) in [5, 5.41) is 8.50. The van der Waals surface area contributed by atoms with Crippen molar-refractivity contribution < 1.29 is 14.6 Å². The lowest BCUT2D eigenvalue weighted by molar-refractivity contribution is 0.342. The summed E-state index contributed by atoms with van der Waals surface area (Å²) in [4.78, 5) is 4.07. The molecule has 1 heterocycles. The van der Waals surface area contributed by atoms with E-state index in [1.54, 1.807) is 19.2 Å². The molecule has 14 heavy (non-hydrogen) atoms. The molecule has 1 aromatic rings. The summed E-state index contributed by atoms with van der Waals surface area (Å²) in [5.74, 6) is 6.12. The number of ether oxygens (including phenoxy) is 2. The van der Waals surface area contributed by atoms with Gasteiger partial charge in [-0.1, -0.05) is 5.92 Å². The molecule has 0 bridgehead atoms. The van der Waals surface area contributed by atoms with Gasteiger partial charge >= 0.3 is 0 Å². The van der Waals surface area contributed by atoms with Gasteiger partial charge in [0.25, 0.3) is 5.88 Å². The summed E-state index contributed by atoms with van der Waals surface area (Å²) in [6.45, 7) is -0.184. The van der Waals surface area contributed by atoms with Gasteiger partial charge in [-0.3, -0.25) is 0 Å². The lowest BCUT2D eigenvalue weighted by Crippen LogP contribution is -1.95. The van der Waals surface area contributed by atoms with Crippen LogP contribution in [-0.4, -0.2) is 30.9 Å². The summed E-state index contributed by atoms with van der Waals surface area (Å²) in [6, 6.07) is 3.41. The summed E-state index contributed by atoms with van der Waals surface area (Å²) in [7, 11) is 3.05. The molecule has 0 fully saturated rings. The second-order valence-electron chi connectivity index (χ2n) is 2.37. The van der Waals surface area contributed by atoms with Gasteiger partial charge in [0.1, 0.15) is 12.3 Å². The number of aliphatic hydroxyl groups excluding tert-OH is 1. The molecule has 0 aromatic carbocycles. The topological polar surface area (TPSA) is 51.6 Å². The van der Waals surface area contributed by atoms with Crippen LogP contribution in [0.1, 0.15) is 5.69 Å². The lowest BCUT2D eigenvalue weighted by Gasteiger charge is -2.05. The van der Waals surface area contributed by atoms with E-state index < -0.39 is 0 Å². The minimum atomic E-state index is -0.184. The molecule has 4 nitrogen and oxygen atoms in total. The van der Waals surface area contributed by atoms with Gasteiger partial charge in [-0.05, 0) is 18.1 Å². The number of pyridine rings is 1. The fourth-order valence-corrected chi connectivity index (χ4v) is 0.929. The maximum absolute atomic E-state index is 8.50. The fraction of sp³-hybridized carbons (Fsp3) is 0.300. The number of nitrogens with zero attached hydrogens (tertiary/aromatic N) is 1. The van der Waals surface area contributed by atoms with Gasteiger partial charge in [0.05, 0.1) is 14.2 Å². The zero-order valence-electron chi connectivity index (χ0n) is 8.07. The number of hydrogen-bond donors (Lipinski definition) is 1. The molecule has 1 N–H and O–H groups in total. The van der Waals surface area contributed by atoms with Gasteiger partial charge in [-0.15, -0.1) is 0 Å². The van der Waals surface area contributed by atoms with Crippen molar-refractivity contribution in [1.29, 1.82) is 0 Å². The van der Waals surface area contributed by atoms with Crippen molar-refractivity contribution in [2.45, 2.75) is 0 Å². The van der Waals surface area contributed by atoms with Gasteiger partial charge in [-0.25, -0.2) is 4.98 Å². The third-order valence-electron chi connectivity index (χ3n) is 1.53. The van der Waals surface area contributed by atoms with Gasteiger partial charge in [0.2, 0.25) is 0 Å². The van der Waals surface area contributed by atoms with E-state index in [2.05, 4.69) is 16.8 Å². The molecule has 0 radical (unpaired) electrons. The molecule has 1 aromatic heterocycles. The molecular formula is C10H11NO3. The first-order chi connectivity index (χ1) is 6.81. The average molecular weight is 193 g/mol. The molecule has 0 spiro atoms. The molecule has 0 saturated heterocycles. The van der Waals surface area contributed by atoms with Crippen molar-refractivity contribution in [1.82, 2.24) is 4.98 Å². The van der Waals surface area contributed by atoms with E-state index >= 15 is 0 Å². The van der Waals surface area contributed by atoms with Crippen molar-refractivity contribution in [3.05, 3.63) is 17.8 Å². The van der Waals surface area contributed by atoms with Gasteiger partial charge in [-0.2, -0.15) is 0 Å². The number of hydrogen-bond acceptors (Lipinski definition) is 4. The Kier molecular flexibility index (Phi) is 3.77. The maximum Gasteiger partial charge on any atom is 0.257 e. The zero-order chi connectivity index (χ0) is 10.4. The molecule has 0 amide bonds. The normalized spacial score (nSPS) is 8.79. The van der Waals surface area contributed by atoms with Crippen LogP contribution in [0.2, 0.25) is 0 Å². The highest BCUT2D eigenvalue weighted by Crippen LogP contribution is 2.23. The molecule has 0 aliphatic carbocycles. The van der Waals surface area contributed by atoms with Crippen LogP contribution in [0.5, 0.6) is 11.6 Å². The van der Waals surface area contributed by atoms with E-state index in [4.69, 9.17) is 14.6 Å². The van der Waals surface area contributed by atoms with E-state index in [-0.39, 0.29) is 6.61 Å². The first kappa shape index (κ1) is 10.4. The number of methoxy groups -OCH3 is 2. The SMILES string of the molecule is COc1ccc(C#CCO)nc1OC. The Morgan fingerprint density at radius 1 is 1.36 bits per heavy atom. The number of aromatic nitrogens is 1. The molecular weight excluding hydrogens is 182 g/mol. The Balaban J connectivity index is 3.01. The molecule has 0 atom stereocenters. The van der Waals surface area contributed by atoms with Crippen LogP contribution < -0.4 is 9.47 Å². The molecule has 4 heteroatoms. The third kappa shape index (κ3) is 2.38. The van der Waals surface area contributed by atoms with Crippen LogP contribution in [0, 0.1) is 11.8 Å². The largest absolute Gasteiger partial charge is 0.491 e. The predicted molar refractivity (Wildman–Crippen MR) is 51.3 cm³/mol. The van der Waals surface area contributed by atoms with Crippen molar-refractivity contribution in [2.24, 2.45) is 0 Å². The Labute approximate surface area is 82.5 Å². The smallest absolute Gasteiger partial charge is 0.257 e. The Morgan fingerprint density at radius 2 is 2.14 bits per heavy atom. The Bertz CT molecular complexity index is 365. The summed E-state index contributed by atoms with van der Waals surface area (Å²) in [5.41, 5.74) is 0.539. The van der Waals surface area contributed by atoms with Crippen molar-refractivity contribution in [3.8, 4) is 23.5 Å². The molecule has 74 valence electrons. The molecule has 0 saturated carbocycles. The van der Waals surface area contributed by atoms with E-state index in [1.807, 2.05) is 0 Å². The number of aliphatic hydroxyl groups is 1. The predicted octanol–water partition coefficient (Wildman–Crippen LogP) is 0.443. The Hall–Kier alpha value is -1.73. The third-order valence-corrected chi connectivity index (χ3v) is 1.53. The van der Waals surface area contributed by atoms with Crippen LogP contribution in [0.25, 0.3) is 0 Å². The number of rotatable bonds is 2. The maximum atomic E-state index is 8.50. The van der Waals surface area contributed by atoms with Gasteiger partial charge in [0.15, 0.2) is 5.75 Å². The van der Waals surface area contributed by atoms with E-state index in [0.29, 0.717) is 17.3 Å². The first-order valence-electron chi connectivity index (χ1n) is 4.00. The van der Waals surface area contributed by atoms with Crippen molar-refractivity contribution in [3.63, 3.8) is 0 Å². The monoisotopic (exact) mass is 193 g/mol. The average Bonchev–Trinajstić information content (AvgIpc) is 2.25. The molecule has 0 aliphatic heterocycles. The van der Waals surface area contributed by atoms with Crippen LogP contribution in [0.15, 0.2) is 12.1 Å². The zero-order valence-corrected chi connectivity index (χ0v) is 8.07. The van der Waals surface area contributed by atoms with Crippen molar-refractivity contribution in [2.75, 3.05) is 20.8 Å².